The first-order valence-corrected chi connectivity index (χ1v) is 7.56. The van der Waals surface area contributed by atoms with Crippen molar-refractivity contribution in [2.75, 3.05) is 0 Å². The molecule has 24 heavy (non-hydrogen) atoms. The van der Waals surface area contributed by atoms with Gasteiger partial charge in [0.05, 0.1) is 11.6 Å². The minimum atomic E-state index is -0.814. The minimum Gasteiger partial charge on any atom is -0.368 e. The van der Waals surface area contributed by atoms with E-state index in [9.17, 15) is 9.59 Å². The van der Waals surface area contributed by atoms with Crippen LogP contribution in [0.2, 0.25) is 0 Å². The molecule has 0 spiro atoms. The van der Waals surface area contributed by atoms with Gasteiger partial charge in [0.2, 0.25) is 5.91 Å². The second kappa shape index (κ2) is 7.42. The second-order valence-corrected chi connectivity index (χ2v) is 5.82. The third-order valence-corrected chi connectivity index (χ3v) is 3.66. The van der Waals surface area contributed by atoms with Gasteiger partial charge in [0.15, 0.2) is 0 Å². The molecule has 122 valence electrons. The Balaban J connectivity index is 2.14. The maximum atomic E-state index is 12.4. The first-order valence-electron chi connectivity index (χ1n) is 7.56. The van der Waals surface area contributed by atoms with E-state index < -0.39 is 11.9 Å². The number of nitriles is 1. The monoisotopic (exact) mass is 321 g/mol. The van der Waals surface area contributed by atoms with Crippen molar-refractivity contribution < 1.29 is 9.59 Å². The van der Waals surface area contributed by atoms with Crippen molar-refractivity contribution in [1.29, 1.82) is 5.26 Å². The van der Waals surface area contributed by atoms with Gasteiger partial charge in [0, 0.05) is 12.0 Å². The van der Waals surface area contributed by atoms with Gasteiger partial charge in [0.1, 0.15) is 6.04 Å². The molecule has 0 saturated heterocycles. The van der Waals surface area contributed by atoms with Crippen molar-refractivity contribution in [3.05, 3.63) is 70.3 Å². The van der Waals surface area contributed by atoms with Crippen LogP contribution in [0.4, 0.5) is 0 Å². The Morgan fingerprint density at radius 1 is 1.12 bits per heavy atom. The summed E-state index contributed by atoms with van der Waals surface area (Å²) in [6.07, 6.45) is 0.275. The summed E-state index contributed by atoms with van der Waals surface area (Å²) in [6.45, 7) is 3.82. The van der Waals surface area contributed by atoms with E-state index in [1.54, 1.807) is 36.4 Å². The van der Waals surface area contributed by atoms with E-state index in [1.807, 2.05) is 26.0 Å². The Bertz CT molecular complexity index is 784. The molecule has 0 aromatic heterocycles. The van der Waals surface area contributed by atoms with E-state index in [4.69, 9.17) is 11.0 Å². The number of carbonyl (C=O) groups is 2. The van der Waals surface area contributed by atoms with E-state index in [1.165, 1.54) is 0 Å². The topological polar surface area (TPSA) is 96.0 Å². The largest absolute Gasteiger partial charge is 0.368 e. The summed E-state index contributed by atoms with van der Waals surface area (Å²) in [5.74, 6) is -0.934. The molecule has 2 rings (SSSR count). The Morgan fingerprint density at radius 2 is 1.71 bits per heavy atom. The molecule has 0 unspecified atom stereocenters. The normalized spacial score (nSPS) is 11.4. The van der Waals surface area contributed by atoms with Gasteiger partial charge < -0.3 is 11.1 Å². The zero-order chi connectivity index (χ0) is 17.7. The lowest BCUT2D eigenvalue weighted by molar-refractivity contribution is -0.119. The van der Waals surface area contributed by atoms with Crippen LogP contribution in [0.1, 0.15) is 32.6 Å². The molecule has 0 heterocycles. The molecule has 0 fully saturated rings. The number of rotatable bonds is 5. The van der Waals surface area contributed by atoms with Gasteiger partial charge in [0.25, 0.3) is 5.91 Å². The highest BCUT2D eigenvalue weighted by Crippen LogP contribution is 2.10. The molecule has 3 N–H and O–H groups in total. The maximum Gasteiger partial charge on any atom is 0.251 e. The van der Waals surface area contributed by atoms with E-state index in [-0.39, 0.29) is 12.3 Å². The fourth-order valence-electron chi connectivity index (χ4n) is 2.52. The summed E-state index contributed by atoms with van der Waals surface area (Å²) < 4.78 is 0. The molecule has 2 amide bonds. The Labute approximate surface area is 141 Å². The molecular weight excluding hydrogens is 302 g/mol. The number of nitrogens with one attached hydrogen (secondary N) is 1. The number of hydrogen-bond acceptors (Lipinski definition) is 3. The van der Waals surface area contributed by atoms with Crippen molar-refractivity contribution >= 4 is 11.8 Å². The molecule has 1 atom stereocenters. The summed E-state index contributed by atoms with van der Waals surface area (Å²) in [5, 5.41) is 11.5. The Morgan fingerprint density at radius 3 is 2.21 bits per heavy atom. The van der Waals surface area contributed by atoms with Gasteiger partial charge in [-0.25, -0.2) is 0 Å². The van der Waals surface area contributed by atoms with Gasteiger partial charge in [-0.1, -0.05) is 29.3 Å². The van der Waals surface area contributed by atoms with Gasteiger partial charge in [-0.15, -0.1) is 0 Å². The van der Waals surface area contributed by atoms with Crippen LogP contribution < -0.4 is 11.1 Å². The van der Waals surface area contributed by atoms with Crippen LogP contribution in [-0.2, 0) is 11.2 Å². The number of carbonyl (C=O) groups excluding carboxylic acids is 2. The average Bonchev–Trinajstić information content (AvgIpc) is 2.53. The third-order valence-electron chi connectivity index (χ3n) is 3.66. The van der Waals surface area contributed by atoms with E-state index in [0.29, 0.717) is 11.1 Å². The van der Waals surface area contributed by atoms with Gasteiger partial charge in [-0.3, -0.25) is 9.59 Å². The summed E-state index contributed by atoms with van der Waals surface area (Å²) in [7, 11) is 0. The van der Waals surface area contributed by atoms with Crippen molar-refractivity contribution in [2.45, 2.75) is 26.3 Å². The molecule has 5 nitrogen and oxygen atoms in total. The van der Waals surface area contributed by atoms with Gasteiger partial charge >= 0.3 is 0 Å². The number of nitrogens with zero attached hydrogens (tertiary/aromatic N) is 1. The number of hydrogen-bond donors (Lipinski definition) is 2. The smallest absolute Gasteiger partial charge is 0.251 e. The van der Waals surface area contributed by atoms with Crippen LogP contribution in [-0.4, -0.2) is 17.9 Å². The first-order chi connectivity index (χ1) is 11.4. The Kier molecular flexibility index (Phi) is 5.33. The van der Waals surface area contributed by atoms with E-state index >= 15 is 0 Å². The molecule has 0 bridgehead atoms. The molecule has 0 radical (unpaired) electrons. The lowest BCUT2D eigenvalue weighted by Crippen LogP contribution is -2.45. The zero-order valence-electron chi connectivity index (χ0n) is 13.7. The molecule has 0 aliphatic carbocycles. The molecule has 0 aliphatic heterocycles. The van der Waals surface area contributed by atoms with Crippen molar-refractivity contribution in [1.82, 2.24) is 5.32 Å². The van der Waals surface area contributed by atoms with Crippen molar-refractivity contribution in [2.24, 2.45) is 5.73 Å². The number of primary amides is 1. The summed E-state index contributed by atoms with van der Waals surface area (Å²) in [5.41, 5.74) is 9.22. The highest BCUT2D eigenvalue weighted by atomic mass is 16.2. The van der Waals surface area contributed by atoms with Crippen LogP contribution in [0.3, 0.4) is 0 Å². The van der Waals surface area contributed by atoms with Crippen LogP contribution >= 0.6 is 0 Å². The predicted octanol–water partition coefficient (Wildman–Crippen LogP) is 2.00. The van der Waals surface area contributed by atoms with E-state index in [2.05, 4.69) is 5.32 Å². The standard InChI is InChI=1S/C19H19N3O2/c1-12-7-13(2)9-16(8-12)19(24)22-17(18(21)23)10-14-3-5-15(11-20)6-4-14/h3-9,17H,10H2,1-2H3,(H2,21,23)(H,22,24)/t17-/m0/s1. The van der Waals surface area contributed by atoms with Crippen LogP contribution in [0, 0.1) is 25.2 Å². The quantitative estimate of drug-likeness (QED) is 0.881. The number of benzene rings is 2. The predicted molar refractivity (Wildman–Crippen MR) is 91.2 cm³/mol. The summed E-state index contributed by atoms with van der Waals surface area (Å²) in [6, 6.07) is 13.5. The summed E-state index contributed by atoms with van der Waals surface area (Å²) >= 11 is 0. The number of nitrogens with two attached hydrogens (primary N) is 1. The molecule has 2 aromatic carbocycles. The van der Waals surface area contributed by atoms with Crippen LogP contribution in [0.25, 0.3) is 0 Å². The average molecular weight is 321 g/mol. The fourth-order valence-corrected chi connectivity index (χ4v) is 2.52. The van der Waals surface area contributed by atoms with Gasteiger partial charge in [-0.05, 0) is 43.7 Å². The van der Waals surface area contributed by atoms with Crippen LogP contribution in [0.5, 0.6) is 0 Å². The molecule has 5 heteroatoms. The van der Waals surface area contributed by atoms with Crippen molar-refractivity contribution in [3.63, 3.8) is 0 Å². The molecule has 0 saturated carbocycles. The first kappa shape index (κ1) is 17.2. The Hall–Kier alpha value is -3.13. The minimum absolute atomic E-state index is 0.275. The summed E-state index contributed by atoms with van der Waals surface area (Å²) in [4.78, 5) is 24.1. The van der Waals surface area contributed by atoms with Gasteiger partial charge in [-0.2, -0.15) is 5.26 Å². The maximum absolute atomic E-state index is 12.4. The number of aryl methyl sites for hydroxylation is 2. The number of amides is 2. The third kappa shape index (κ3) is 4.43. The molecule has 2 aromatic rings. The fraction of sp³-hybridized carbons (Fsp3) is 0.211. The SMILES string of the molecule is Cc1cc(C)cc(C(=O)N[C@@H](Cc2ccc(C#N)cc2)C(N)=O)c1. The highest BCUT2D eigenvalue weighted by molar-refractivity contribution is 5.97. The lowest BCUT2D eigenvalue weighted by Gasteiger charge is -2.16. The van der Waals surface area contributed by atoms with E-state index in [0.717, 1.165) is 16.7 Å². The highest BCUT2D eigenvalue weighted by Gasteiger charge is 2.19. The molecule has 0 aliphatic rings. The van der Waals surface area contributed by atoms with Crippen LogP contribution in [0.15, 0.2) is 42.5 Å². The lowest BCUT2D eigenvalue weighted by atomic mass is 10.0. The second-order valence-electron chi connectivity index (χ2n) is 5.82. The van der Waals surface area contributed by atoms with Crippen molar-refractivity contribution in [3.8, 4) is 6.07 Å². The zero-order valence-corrected chi connectivity index (χ0v) is 13.7. The molecular formula is C19H19N3O2.